The van der Waals surface area contributed by atoms with Crippen molar-refractivity contribution in [1.82, 2.24) is 0 Å². The first-order valence-electron chi connectivity index (χ1n) is 7.72. The van der Waals surface area contributed by atoms with Crippen LogP contribution in [0.25, 0.3) is 0 Å². The van der Waals surface area contributed by atoms with E-state index < -0.39 is 0 Å². The normalized spacial score (nSPS) is 27.2. The van der Waals surface area contributed by atoms with Crippen LogP contribution in [0.3, 0.4) is 0 Å². The van der Waals surface area contributed by atoms with Gasteiger partial charge in [0.05, 0.1) is 0 Å². The van der Waals surface area contributed by atoms with Crippen LogP contribution in [0.1, 0.15) is 86.5 Å². The summed E-state index contributed by atoms with van der Waals surface area (Å²) in [5.74, 6) is 2.01. The molecule has 2 atom stereocenters. The lowest BCUT2D eigenvalue weighted by atomic mass is 9.69. The molecule has 0 saturated heterocycles. The molecule has 0 spiro atoms. The SMILES string of the molecule is CCC(C)(C)CC1CCCC(CC(C)(C)C)C1. The summed E-state index contributed by atoms with van der Waals surface area (Å²) in [6.07, 6.45) is 10.2. The van der Waals surface area contributed by atoms with Crippen molar-refractivity contribution < 1.29 is 0 Å². The van der Waals surface area contributed by atoms with Gasteiger partial charge in [-0.05, 0) is 41.9 Å². The molecule has 0 aliphatic heterocycles. The van der Waals surface area contributed by atoms with Crippen LogP contribution in [0.4, 0.5) is 0 Å². The predicted molar refractivity (Wildman–Crippen MR) is 78.2 cm³/mol. The monoisotopic (exact) mass is 238 g/mol. The van der Waals surface area contributed by atoms with Crippen LogP contribution in [-0.4, -0.2) is 0 Å². The molecule has 17 heavy (non-hydrogen) atoms. The second kappa shape index (κ2) is 5.76. The molecule has 0 heteroatoms. The van der Waals surface area contributed by atoms with Gasteiger partial charge >= 0.3 is 0 Å². The minimum Gasteiger partial charge on any atom is -0.0649 e. The molecule has 0 heterocycles. The molecule has 0 aromatic rings. The molecule has 1 saturated carbocycles. The Morgan fingerprint density at radius 2 is 1.41 bits per heavy atom. The van der Waals surface area contributed by atoms with Crippen molar-refractivity contribution in [2.24, 2.45) is 22.7 Å². The zero-order chi connectivity index (χ0) is 13.1. The van der Waals surface area contributed by atoms with E-state index in [1.807, 2.05) is 0 Å². The minimum absolute atomic E-state index is 0.521. The molecule has 1 aliphatic carbocycles. The van der Waals surface area contributed by atoms with Crippen molar-refractivity contribution in [2.45, 2.75) is 86.5 Å². The lowest BCUT2D eigenvalue weighted by Crippen LogP contribution is -2.24. The van der Waals surface area contributed by atoms with E-state index in [1.165, 1.54) is 44.9 Å². The second-order valence-electron chi connectivity index (χ2n) is 8.39. The molecule has 102 valence electrons. The van der Waals surface area contributed by atoms with E-state index in [9.17, 15) is 0 Å². The van der Waals surface area contributed by atoms with Crippen LogP contribution in [0, 0.1) is 22.7 Å². The Balaban J connectivity index is 2.44. The summed E-state index contributed by atoms with van der Waals surface area (Å²) in [4.78, 5) is 0. The molecular weight excluding hydrogens is 204 g/mol. The summed E-state index contributed by atoms with van der Waals surface area (Å²) in [6, 6.07) is 0. The van der Waals surface area contributed by atoms with Crippen LogP contribution in [0.15, 0.2) is 0 Å². The van der Waals surface area contributed by atoms with Gasteiger partial charge in [-0.1, -0.05) is 67.2 Å². The fraction of sp³-hybridized carbons (Fsp3) is 1.00. The van der Waals surface area contributed by atoms with E-state index in [4.69, 9.17) is 0 Å². The molecule has 2 unspecified atom stereocenters. The summed E-state index contributed by atoms with van der Waals surface area (Å²) >= 11 is 0. The Hall–Kier alpha value is 0. The van der Waals surface area contributed by atoms with Crippen LogP contribution in [0.5, 0.6) is 0 Å². The third kappa shape index (κ3) is 5.93. The molecule has 0 aromatic carbocycles. The van der Waals surface area contributed by atoms with Crippen molar-refractivity contribution in [3.8, 4) is 0 Å². The quantitative estimate of drug-likeness (QED) is 0.559. The van der Waals surface area contributed by atoms with E-state index in [1.54, 1.807) is 0 Å². The number of hydrogen-bond donors (Lipinski definition) is 0. The van der Waals surface area contributed by atoms with Gasteiger partial charge in [0.2, 0.25) is 0 Å². The van der Waals surface area contributed by atoms with Crippen LogP contribution < -0.4 is 0 Å². The van der Waals surface area contributed by atoms with Crippen molar-refractivity contribution in [2.75, 3.05) is 0 Å². The highest BCUT2D eigenvalue weighted by Gasteiger charge is 2.29. The first-order chi connectivity index (χ1) is 7.72. The van der Waals surface area contributed by atoms with Gasteiger partial charge in [0.25, 0.3) is 0 Å². The smallest absolute Gasteiger partial charge is 0.0354 e. The lowest BCUT2D eigenvalue weighted by Gasteiger charge is -2.36. The zero-order valence-electron chi connectivity index (χ0n) is 13.1. The zero-order valence-corrected chi connectivity index (χ0v) is 13.1. The standard InChI is InChI=1S/C17H34/c1-7-17(5,6)13-15-10-8-9-14(11-15)12-16(2,3)4/h14-15H,7-13H2,1-6H3. The maximum absolute atomic E-state index is 2.44. The van der Waals surface area contributed by atoms with Crippen molar-refractivity contribution in [3.05, 3.63) is 0 Å². The third-order valence-electron chi connectivity index (χ3n) is 4.59. The Kier molecular flexibility index (Phi) is 5.10. The molecule has 1 rings (SSSR count). The second-order valence-corrected chi connectivity index (χ2v) is 8.39. The molecule has 0 radical (unpaired) electrons. The van der Waals surface area contributed by atoms with Gasteiger partial charge in [-0.2, -0.15) is 0 Å². The molecule has 1 fully saturated rings. The van der Waals surface area contributed by atoms with E-state index >= 15 is 0 Å². The Bertz CT molecular complexity index is 219. The highest BCUT2D eigenvalue weighted by atomic mass is 14.3. The lowest BCUT2D eigenvalue weighted by molar-refractivity contribution is 0.152. The Morgan fingerprint density at radius 1 is 0.882 bits per heavy atom. The van der Waals surface area contributed by atoms with Gasteiger partial charge in [0.15, 0.2) is 0 Å². The third-order valence-corrected chi connectivity index (χ3v) is 4.59. The van der Waals surface area contributed by atoms with E-state index in [2.05, 4.69) is 41.5 Å². The van der Waals surface area contributed by atoms with Gasteiger partial charge < -0.3 is 0 Å². The summed E-state index contributed by atoms with van der Waals surface area (Å²) in [5, 5.41) is 0. The van der Waals surface area contributed by atoms with E-state index in [0.29, 0.717) is 10.8 Å². The van der Waals surface area contributed by atoms with E-state index in [-0.39, 0.29) is 0 Å². The fourth-order valence-electron chi connectivity index (χ4n) is 3.56. The van der Waals surface area contributed by atoms with Gasteiger partial charge in [0.1, 0.15) is 0 Å². The first kappa shape index (κ1) is 15.1. The summed E-state index contributed by atoms with van der Waals surface area (Å²) in [7, 11) is 0. The van der Waals surface area contributed by atoms with E-state index in [0.717, 1.165) is 11.8 Å². The average molecular weight is 238 g/mol. The maximum Gasteiger partial charge on any atom is -0.0354 e. The summed E-state index contributed by atoms with van der Waals surface area (Å²) in [6.45, 7) is 14.4. The largest absolute Gasteiger partial charge is 0.0649 e. The minimum atomic E-state index is 0.521. The molecule has 0 aromatic heterocycles. The topological polar surface area (TPSA) is 0 Å². The fourth-order valence-corrected chi connectivity index (χ4v) is 3.56. The van der Waals surface area contributed by atoms with Gasteiger partial charge in [-0.25, -0.2) is 0 Å². The summed E-state index contributed by atoms with van der Waals surface area (Å²) < 4.78 is 0. The highest BCUT2D eigenvalue weighted by Crippen LogP contribution is 2.41. The van der Waals surface area contributed by atoms with Crippen molar-refractivity contribution in [1.29, 1.82) is 0 Å². The number of hydrogen-bond acceptors (Lipinski definition) is 0. The predicted octanol–water partition coefficient (Wildman–Crippen LogP) is 6.06. The van der Waals surface area contributed by atoms with Gasteiger partial charge in [-0.3, -0.25) is 0 Å². The van der Waals surface area contributed by atoms with Crippen LogP contribution in [-0.2, 0) is 0 Å². The van der Waals surface area contributed by atoms with Crippen LogP contribution >= 0.6 is 0 Å². The van der Waals surface area contributed by atoms with Crippen molar-refractivity contribution in [3.63, 3.8) is 0 Å². The Morgan fingerprint density at radius 3 is 1.88 bits per heavy atom. The highest BCUT2D eigenvalue weighted by molar-refractivity contribution is 4.80. The molecule has 0 nitrogen and oxygen atoms in total. The maximum atomic E-state index is 2.44. The summed E-state index contributed by atoms with van der Waals surface area (Å²) in [5.41, 5.74) is 1.08. The first-order valence-corrected chi connectivity index (χ1v) is 7.72. The molecular formula is C17H34. The van der Waals surface area contributed by atoms with Crippen molar-refractivity contribution >= 4 is 0 Å². The molecule has 1 aliphatic rings. The molecule has 0 N–H and O–H groups in total. The molecule has 0 amide bonds. The van der Waals surface area contributed by atoms with Gasteiger partial charge in [-0.15, -0.1) is 0 Å². The Labute approximate surface area is 110 Å². The number of rotatable bonds is 4. The average Bonchev–Trinajstić information content (AvgIpc) is 2.14. The molecule has 0 bridgehead atoms. The van der Waals surface area contributed by atoms with Gasteiger partial charge in [0, 0.05) is 0 Å². The van der Waals surface area contributed by atoms with Crippen LogP contribution in [0.2, 0.25) is 0 Å².